The number of thiophene rings is 1. The zero-order valence-corrected chi connectivity index (χ0v) is 16.3. The molecule has 0 amide bonds. The Hall–Kier alpha value is -1.95. The van der Waals surface area contributed by atoms with Crippen LogP contribution in [0.1, 0.15) is 11.1 Å². The van der Waals surface area contributed by atoms with Crippen molar-refractivity contribution in [1.82, 2.24) is 9.97 Å². The molecule has 0 saturated heterocycles. The summed E-state index contributed by atoms with van der Waals surface area (Å²) in [6, 6.07) is 13.1. The molecule has 0 aliphatic carbocycles. The Balaban J connectivity index is 1.74. The fourth-order valence-corrected chi connectivity index (χ4v) is 5.05. The maximum atomic E-state index is 14.1. The second-order valence-corrected chi connectivity index (χ2v) is 8.09. The van der Waals surface area contributed by atoms with Gasteiger partial charge < -0.3 is 0 Å². The summed E-state index contributed by atoms with van der Waals surface area (Å²) in [6.07, 6.45) is 1.56. The van der Waals surface area contributed by atoms with Crippen molar-refractivity contribution in [2.24, 2.45) is 0 Å². The van der Waals surface area contributed by atoms with Crippen LogP contribution in [-0.4, -0.2) is 9.97 Å². The van der Waals surface area contributed by atoms with E-state index in [2.05, 4.69) is 46.5 Å². The average molecular weight is 401 g/mol. The maximum absolute atomic E-state index is 14.1. The molecule has 0 spiro atoms. The fraction of sp³-hybridized carbons (Fsp3) is 0.100. The smallest absolute Gasteiger partial charge is 0.128 e. The van der Waals surface area contributed by atoms with Crippen LogP contribution in [0, 0.1) is 12.7 Å². The van der Waals surface area contributed by atoms with Gasteiger partial charge in [-0.15, -0.1) is 23.1 Å². The number of benzene rings is 2. The van der Waals surface area contributed by atoms with Gasteiger partial charge in [-0.05, 0) is 24.6 Å². The molecule has 2 aromatic heterocycles. The van der Waals surface area contributed by atoms with E-state index in [9.17, 15) is 4.39 Å². The molecule has 4 rings (SSSR count). The first-order valence-electron chi connectivity index (χ1n) is 7.98. The first-order chi connectivity index (χ1) is 12.6. The molecule has 0 bridgehead atoms. The van der Waals surface area contributed by atoms with E-state index in [4.69, 9.17) is 11.6 Å². The van der Waals surface area contributed by atoms with Crippen molar-refractivity contribution >= 4 is 44.9 Å². The molecule has 0 aliphatic heterocycles. The lowest BCUT2D eigenvalue weighted by Crippen LogP contribution is -1.91. The lowest BCUT2D eigenvalue weighted by atomic mass is 10.1. The summed E-state index contributed by atoms with van der Waals surface area (Å²) < 4.78 is 14.1. The molecular formula is C20H14ClFN2S2. The Morgan fingerprint density at radius 2 is 1.92 bits per heavy atom. The molecule has 130 valence electrons. The number of hydrogen-bond donors (Lipinski definition) is 0. The summed E-state index contributed by atoms with van der Waals surface area (Å²) in [5.41, 5.74) is 3.95. The minimum Gasteiger partial charge on any atom is -0.229 e. The highest BCUT2D eigenvalue weighted by Gasteiger charge is 2.15. The van der Waals surface area contributed by atoms with E-state index >= 15 is 0 Å². The quantitative estimate of drug-likeness (QED) is 0.280. The fourth-order valence-electron chi connectivity index (χ4n) is 2.71. The summed E-state index contributed by atoms with van der Waals surface area (Å²) in [5.74, 6) is 0.125. The van der Waals surface area contributed by atoms with Crippen LogP contribution < -0.4 is 0 Å². The lowest BCUT2D eigenvalue weighted by molar-refractivity contribution is 0.617. The van der Waals surface area contributed by atoms with Crippen molar-refractivity contribution in [2.45, 2.75) is 17.7 Å². The van der Waals surface area contributed by atoms with Crippen LogP contribution in [0.15, 0.2) is 59.2 Å². The van der Waals surface area contributed by atoms with Crippen LogP contribution in [0.3, 0.4) is 0 Å². The van der Waals surface area contributed by atoms with E-state index < -0.39 is 0 Å². The van der Waals surface area contributed by atoms with Crippen molar-refractivity contribution in [2.75, 3.05) is 0 Å². The molecule has 0 saturated carbocycles. The number of nitrogens with zero attached hydrogens (tertiary/aromatic N) is 2. The molecule has 0 aliphatic rings. The van der Waals surface area contributed by atoms with Crippen molar-refractivity contribution in [1.29, 1.82) is 0 Å². The molecule has 0 N–H and O–H groups in total. The zero-order chi connectivity index (χ0) is 18.1. The Morgan fingerprint density at radius 3 is 2.69 bits per heavy atom. The van der Waals surface area contributed by atoms with Gasteiger partial charge in [0.2, 0.25) is 0 Å². The first kappa shape index (κ1) is 17.5. The molecule has 0 unspecified atom stereocenters. The molecule has 2 aromatic carbocycles. The third-order valence-corrected chi connectivity index (χ3v) is 6.37. The zero-order valence-electron chi connectivity index (χ0n) is 13.9. The third-order valence-electron chi connectivity index (χ3n) is 4.11. The van der Waals surface area contributed by atoms with Gasteiger partial charge in [-0.25, -0.2) is 14.4 Å². The molecule has 26 heavy (non-hydrogen) atoms. The topological polar surface area (TPSA) is 25.8 Å². The largest absolute Gasteiger partial charge is 0.229 e. The highest BCUT2D eigenvalue weighted by atomic mass is 35.5. The van der Waals surface area contributed by atoms with Crippen molar-refractivity contribution in [3.05, 3.63) is 76.1 Å². The van der Waals surface area contributed by atoms with E-state index in [0.29, 0.717) is 16.3 Å². The van der Waals surface area contributed by atoms with E-state index in [1.54, 1.807) is 29.8 Å². The standard InChI is InChI=1S/C20H14ClFN2S2/c1-12-5-7-13(8-6-12)14-9-25-19-18(14)20(24-11-23-19)26-10-15-16(21)3-2-4-17(15)22/h2-9,11H,10H2,1H3. The summed E-state index contributed by atoms with van der Waals surface area (Å²) in [7, 11) is 0. The Morgan fingerprint density at radius 1 is 1.12 bits per heavy atom. The number of aromatic nitrogens is 2. The van der Waals surface area contributed by atoms with E-state index in [1.165, 1.54) is 23.4 Å². The highest BCUT2D eigenvalue weighted by Crippen LogP contribution is 2.39. The summed E-state index contributed by atoms with van der Waals surface area (Å²) >= 11 is 9.22. The molecule has 2 nitrogen and oxygen atoms in total. The monoisotopic (exact) mass is 400 g/mol. The number of hydrogen-bond acceptors (Lipinski definition) is 4. The number of rotatable bonds is 4. The summed E-state index contributed by atoms with van der Waals surface area (Å²) in [5, 5.41) is 4.39. The van der Waals surface area contributed by atoms with Crippen LogP contribution in [0.25, 0.3) is 21.3 Å². The Labute approximate surface area is 164 Å². The number of aryl methyl sites for hydroxylation is 1. The highest BCUT2D eigenvalue weighted by molar-refractivity contribution is 7.98. The van der Waals surface area contributed by atoms with Crippen LogP contribution in [0.2, 0.25) is 5.02 Å². The predicted molar refractivity (Wildman–Crippen MR) is 109 cm³/mol. The maximum Gasteiger partial charge on any atom is 0.128 e. The van der Waals surface area contributed by atoms with Crippen LogP contribution in [0.4, 0.5) is 4.39 Å². The molecule has 0 atom stereocenters. The Kier molecular flexibility index (Phi) is 4.94. The van der Waals surface area contributed by atoms with E-state index in [1.807, 2.05) is 0 Å². The van der Waals surface area contributed by atoms with E-state index in [-0.39, 0.29) is 5.82 Å². The molecule has 2 heterocycles. The molecule has 6 heteroatoms. The molecule has 0 fully saturated rings. The van der Waals surface area contributed by atoms with Gasteiger partial charge in [0.1, 0.15) is 22.0 Å². The van der Waals surface area contributed by atoms with Crippen molar-refractivity contribution in [3.63, 3.8) is 0 Å². The molecule has 0 radical (unpaired) electrons. The van der Waals surface area contributed by atoms with Gasteiger partial charge in [-0.3, -0.25) is 0 Å². The minimum absolute atomic E-state index is 0.292. The van der Waals surface area contributed by atoms with Crippen molar-refractivity contribution in [3.8, 4) is 11.1 Å². The van der Waals surface area contributed by atoms with Gasteiger partial charge >= 0.3 is 0 Å². The summed E-state index contributed by atoms with van der Waals surface area (Å²) in [6.45, 7) is 2.07. The van der Waals surface area contributed by atoms with Gasteiger partial charge in [-0.1, -0.05) is 47.5 Å². The molecule has 4 aromatic rings. The van der Waals surface area contributed by atoms with Gasteiger partial charge in [0.25, 0.3) is 0 Å². The van der Waals surface area contributed by atoms with E-state index in [0.717, 1.165) is 26.4 Å². The number of halogens is 2. The third kappa shape index (κ3) is 3.34. The minimum atomic E-state index is -0.292. The first-order valence-corrected chi connectivity index (χ1v) is 10.2. The van der Waals surface area contributed by atoms with Gasteiger partial charge in [0.05, 0.1) is 5.39 Å². The lowest BCUT2D eigenvalue weighted by Gasteiger charge is -2.08. The molecular weight excluding hydrogens is 387 g/mol. The SMILES string of the molecule is Cc1ccc(-c2csc3ncnc(SCc4c(F)cccc4Cl)c23)cc1. The average Bonchev–Trinajstić information content (AvgIpc) is 3.07. The normalized spacial score (nSPS) is 11.2. The summed E-state index contributed by atoms with van der Waals surface area (Å²) in [4.78, 5) is 9.77. The van der Waals surface area contributed by atoms with Gasteiger partial charge in [0, 0.05) is 27.3 Å². The number of thioether (sulfide) groups is 1. The Bertz CT molecular complexity index is 1060. The number of fused-ring (bicyclic) bond motifs is 1. The van der Waals surface area contributed by atoms with Crippen LogP contribution >= 0.6 is 34.7 Å². The van der Waals surface area contributed by atoms with Gasteiger partial charge in [-0.2, -0.15) is 0 Å². The van der Waals surface area contributed by atoms with Gasteiger partial charge in [0.15, 0.2) is 0 Å². The van der Waals surface area contributed by atoms with Crippen molar-refractivity contribution < 1.29 is 4.39 Å². The second kappa shape index (κ2) is 7.35. The predicted octanol–water partition coefficient (Wildman–Crippen LogP) is 6.75. The van der Waals surface area contributed by atoms with Crippen LogP contribution in [-0.2, 0) is 5.75 Å². The second-order valence-electron chi connectivity index (χ2n) is 5.86. The van der Waals surface area contributed by atoms with Crippen LogP contribution in [0.5, 0.6) is 0 Å².